The Hall–Kier alpha value is -2.31. The van der Waals surface area contributed by atoms with Crippen molar-refractivity contribution in [3.05, 3.63) is 36.9 Å². The van der Waals surface area contributed by atoms with Crippen molar-refractivity contribution >= 4 is 5.69 Å². The molecule has 7 heteroatoms. The number of ether oxygens (including phenoxy) is 1. The number of benzene rings is 1. The van der Waals surface area contributed by atoms with Gasteiger partial charge in [-0.2, -0.15) is 0 Å². The Bertz CT molecular complexity index is 543. The predicted octanol–water partition coefficient (Wildman–Crippen LogP) is 2.62. The molecule has 0 aliphatic carbocycles. The van der Waals surface area contributed by atoms with Gasteiger partial charge in [-0.25, -0.2) is 9.97 Å². The molecule has 0 saturated carbocycles. The van der Waals surface area contributed by atoms with E-state index in [1.54, 1.807) is 0 Å². The van der Waals surface area contributed by atoms with Crippen LogP contribution in [-0.2, 0) is 0 Å². The summed E-state index contributed by atoms with van der Waals surface area (Å²) in [5.74, 6) is -0.341. The second-order valence-electron chi connectivity index (χ2n) is 3.43. The van der Waals surface area contributed by atoms with Crippen molar-refractivity contribution < 1.29 is 17.9 Å². The highest BCUT2D eigenvalue weighted by molar-refractivity contribution is 5.72. The number of alkyl halides is 3. The first-order valence-corrected chi connectivity index (χ1v) is 4.86. The molecule has 0 aliphatic heterocycles. The number of nitrogens with two attached hydrogens (primary N) is 1. The molecular weight excluding hydrogens is 247 g/mol. The molecule has 18 heavy (non-hydrogen) atoms. The van der Waals surface area contributed by atoms with Crippen LogP contribution in [0.25, 0.3) is 11.1 Å². The van der Waals surface area contributed by atoms with Crippen LogP contribution in [0.15, 0.2) is 36.9 Å². The molecule has 2 aromatic rings. The van der Waals surface area contributed by atoms with Crippen LogP contribution in [0.5, 0.6) is 5.75 Å². The summed E-state index contributed by atoms with van der Waals surface area (Å²) in [6.45, 7) is 0. The van der Waals surface area contributed by atoms with Crippen LogP contribution in [0.1, 0.15) is 0 Å². The average Bonchev–Trinajstić information content (AvgIpc) is 2.31. The van der Waals surface area contributed by atoms with Gasteiger partial charge in [0.25, 0.3) is 0 Å². The van der Waals surface area contributed by atoms with E-state index in [0.717, 1.165) is 6.07 Å². The van der Waals surface area contributed by atoms with Gasteiger partial charge in [-0.3, -0.25) is 0 Å². The van der Waals surface area contributed by atoms with E-state index >= 15 is 0 Å². The van der Waals surface area contributed by atoms with Gasteiger partial charge in [0.2, 0.25) is 0 Å². The van der Waals surface area contributed by atoms with E-state index < -0.39 is 6.36 Å². The molecule has 0 unspecified atom stereocenters. The van der Waals surface area contributed by atoms with Crippen molar-refractivity contribution in [2.75, 3.05) is 5.73 Å². The molecular formula is C11H8F3N3O. The number of nitrogens with zero attached hydrogens (tertiary/aromatic N) is 2. The summed E-state index contributed by atoms with van der Waals surface area (Å²) >= 11 is 0. The Morgan fingerprint density at radius 1 is 1.11 bits per heavy atom. The van der Waals surface area contributed by atoms with Crippen LogP contribution >= 0.6 is 0 Å². The summed E-state index contributed by atoms with van der Waals surface area (Å²) in [7, 11) is 0. The van der Waals surface area contributed by atoms with Crippen molar-refractivity contribution in [2.45, 2.75) is 6.36 Å². The number of halogens is 3. The third-order valence-electron chi connectivity index (χ3n) is 2.10. The Labute approximate surface area is 100 Å². The fourth-order valence-electron chi connectivity index (χ4n) is 1.43. The largest absolute Gasteiger partial charge is 0.573 e. The second kappa shape index (κ2) is 4.52. The van der Waals surface area contributed by atoms with E-state index in [2.05, 4.69) is 14.7 Å². The zero-order valence-electron chi connectivity index (χ0n) is 8.98. The Kier molecular flexibility index (Phi) is 3.05. The van der Waals surface area contributed by atoms with Crippen molar-refractivity contribution in [1.82, 2.24) is 9.97 Å². The van der Waals surface area contributed by atoms with Gasteiger partial charge in [0.15, 0.2) is 0 Å². The van der Waals surface area contributed by atoms with Gasteiger partial charge in [0.1, 0.15) is 12.1 Å². The van der Waals surface area contributed by atoms with E-state index in [1.165, 1.54) is 30.9 Å². The average molecular weight is 255 g/mol. The van der Waals surface area contributed by atoms with Crippen LogP contribution in [0, 0.1) is 0 Å². The highest BCUT2D eigenvalue weighted by Gasteiger charge is 2.32. The molecule has 0 fully saturated rings. The molecule has 0 bridgehead atoms. The fraction of sp³-hybridized carbons (Fsp3) is 0.0909. The summed E-state index contributed by atoms with van der Waals surface area (Å²) in [5.41, 5.74) is 6.45. The third kappa shape index (κ3) is 2.88. The molecule has 2 N–H and O–H groups in total. The third-order valence-corrected chi connectivity index (χ3v) is 2.10. The minimum atomic E-state index is -4.76. The molecule has 4 nitrogen and oxygen atoms in total. The second-order valence-corrected chi connectivity index (χ2v) is 3.43. The zero-order chi connectivity index (χ0) is 13.2. The lowest BCUT2D eigenvalue weighted by Gasteiger charge is -2.13. The SMILES string of the molecule is Nc1ccc(OC(F)(F)F)c(-c2cncnc2)c1. The van der Waals surface area contributed by atoms with Gasteiger partial charge in [0.05, 0.1) is 0 Å². The van der Waals surface area contributed by atoms with Gasteiger partial charge < -0.3 is 10.5 Å². The van der Waals surface area contributed by atoms with E-state index in [0.29, 0.717) is 11.3 Å². The van der Waals surface area contributed by atoms with Crippen molar-refractivity contribution in [1.29, 1.82) is 0 Å². The highest BCUT2D eigenvalue weighted by Crippen LogP contribution is 2.34. The molecule has 0 radical (unpaired) electrons. The van der Waals surface area contributed by atoms with Crippen LogP contribution in [0.3, 0.4) is 0 Å². The maximum atomic E-state index is 12.3. The van der Waals surface area contributed by atoms with Crippen LogP contribution < -0.4 is 10.5 Å². The number of hydrogen-bond acceptors (Lipinski definition) is 4. The van der Waals surface area contributed by atoms with E-state index in [4.69, 9.17) is 5.73 Å². The van der Waals surface area contributed by atoms with Gasteiger partial charge >= 0.3 is 6.36 Å². The smallest absolute Gasteiger partial charge is 0.405 e. The van der Waals surface area contributed by atoms with E-state index in [1.807, 2.05) is 0 Å². The zero-order valence-corrected chi connectivity index (χ0v) is 8.98. The normalized spacial score (nSPS) is 11.3. The van der Waals surface area contributed by atoms with Gasteiger partial charge in [0, 0.05) is 29.2 Å². The lowest BCUT2D eigenvalue weighted by atomic mass is 10.1. The molecule has 0 saturated heterocycles. The molecule has 1 aromatic heterocycles. The van der Waals surface area contributed by atoms with Crippen molar-refractivity contribution in [3.8, 4) is 16.9 Å². The molecule has 0 aliphatic rings. The Morgan fingerprint density at radius 3 is 2.39 bits per heavy atom. The fourth-order valence-corrected chi connectivity index (χ4v) is 1.43. The lowest BCUT2D eigenvalue weighted by molar-refractivity contribution is -0.274. The predicted molar refractivity (Wildman–Crippen MR) is 58.6 cm³/mol. The molecule has 2 rings (SSSR count). The molecule has 1 heterocycles. The van der Waals surface area contributed by atoms with Crippen LogP contribution in [0.4, 0.5) is 18.9 Å². The van der Waals surface area contributed by atoms with E-state index in [-0.39, 0.29) is 11.3 Å². The summed E-state index contributed by atoms with van der Waals surface area (Å²) in [6, 6.07) is 3.86. The number of aromatic nitrogens is 2. The molecule has 0 amide bonds. The lowest BCUT2D eigenvalue weighted by Crippen LogP contribution is -2.17. The van der Waals surface area contributed by atoms with Gasteiger partial charge in [-0.1, -0.05) is 0 Å². The first kappa shape index (κ1) is 12.2. The minimum absolute atomic E-state index is 0.188. The summed E-state index contributed by atoms with van der Waals surface area (Å²) in [5, 5.41) is 0. The maximum Gasteiger partial charge on any atom is 0.573 e. The minimum Gasteiger partial charge on any atom is -0.405 e. The molecule has 1 aromatic carbocycles. The number of rotatable bonds is 2. The van der Waals surface area contributed by atoms with Crippen molar-refractivity contribution in [2.24, 2.45) is 0 Å². The molecule has 94 valence electrons. The topological polar surface area (TPSA) is 61.0 Å². The van der Waals surface area contributed by atoms with Gasteiger partial charge in [-0.15, -0.1) is 13.2 Å². The van der Waals surface area contributed by atoms with Gasteiger partial charge in [-0.05, 0) is 18.2 Å². The monoisotopic (exact) mass is 255 g/mol. The van der Waals surface area contributed by atoms with Crippen molar-refractivity contribution in [3.63, 3.8) is 0 Å². The van der Waals surface area contributed by atoms with E-state index in [9.17, 15) is 13.2 Å². The Morgan fingerprint density at radius 2 is 1.78 bits per heavy atom. The first-order chi connectivity index (χ1) is 8.46. The quantitative estimate of drug-likeness (QED) is 0.838. The van der Waals surface area contributed by atoms with Crippen LogP contribution in [-0.4, -0.2) is 16.3 Å². The maximum absolute atomic E-state index is 12.3. The number of anilines is 1. The highest BCUT2D eigenvalue weighted by atomic mass is 19.4. The number of nitrogen functional groups attached to an aromatic ring is 1. The summed E-state index contributed by atoms with van der Waals surface area (Å²) in [6.07, 6.45) is -0.726. The summed E-state index contributed by atoms with van der Waals surface area (Å²) in [4.78, 5) is 7.48. The number of hydrogen-bond donors (Lipinski definition) is 1. The summed E-state index contributed by atoms with van der Waals surface area (Å²) < 4.78 is 40.7. The first-order valence-electron chi connectivity index (χ1n) is 4.86. The molecule has 0 spiro atoms. The van der Waals surface area contributed by atoms with Crippen LogP contribution in [0.2, 0.25) is 0 Å². The molecule has 0 atom stereocenters. The standard InChI is InChI=1S/C11H8F3N3O/c12-11(13,14)18-10-2-1-8(15)3-9(10)7-4-16-6-17-5-7/h1-6H,15H2. The Balaban J connectivity index is 2.48.